The number of nitrogens with one attached hydrogen (secondary N) is 1. The highest BCUT2D eigenvalue weighted by Gasteiger charge is 2.33. The number of nitrogens with zero attached hydrogens (tertiary/aromatic N) is 3. The molecule has 150 valence electrons. The third kappa shape index (κ3) is 5.02. The van der Waals surface area contributed by atoms with Crippen molar-refractivity contribution >= 4 is 23.4 Å². The molecule has 1 aromatic carbocycles. The van der Waals surface area contributed by atoms with E-state index in [1.54, 1.807) is 6.07 Å². The van der Waals surface area contributed by atoms with Gasteiger partial charge in [0.2, 0.25) is 0 Å². The number of aromatic hydroxyl groups is 1. The van der Waals surface area contributed by atoms with Crippen molar-refractivity contribution in [1.82, 2.24) is 10.2 Å². The van der Waals surface area contributed by atoms with Gasteiger partial charge >= 0.3 is 0 Å². The molecule has 0 unspecified atom stereocenters. The third-order valence-corrected chi connectivity index (χ3v) is 6.89. The first-order valence-corrected chi connectivity index (χ1v) is 10.9. The molecule has 27 heavy (non-hydrogen) atoms. The summed E-state index contributed by atoms with van der Waals surface area (Å²) in [6.07, 6.45) is 2.19. The van der Waals surface area contributed by atoms with Crippen LogP contribution in [0.2, 0.25) is 0 Å². The number of para-hydroxylation sites is 2. The van der Waals surface area contributed by atoms with Crippen LogP contribution in [0.4, 0.5) is 5.69 Å². The molecule has 0 bridgehead atoms. The summed E-state index contributed by atoms with van der Waals surface area (Å²) in [5, 5.41) is 13.7. The lowest BCUT2D eigenvalue weighted by Crippen LogP contribution is -2.55. The molecule has 0 aromatic heterocycles. The van der Waals surface area contributed by atoms with Crippen LogP contribution in [0.3, 0.4) is 0 Å². The number of piperazine rings is 1. The molecule has 2 fully saturated rings. The van der Waals surface area contributed by atoms with Crippen LogP contribution < -0.4 is 10.2 Å². The minimum Gasteiger partial charge on any atom is -0.506 e. The van der Waals surface area contributed by atoms with Gasteiger partial charge in [0.25, 0.3) is 0 Å². The maximum absolute atomic E-state index is 10.1. The minimum atomic E-state index is 0.251. The van der Waals surface area contributed by atoms with E-state index in [0.29, 0.717) is 5.75 Å². The fourth-order valence-electron chi connectivity index (χ4n) is 3.88. The number of thioether (sulfide) groups is 1. The lowest BCUT2D eigenvalue weighted by atomic mass is 9.99. The van der Waals surface area contributed by atoms with Gasteiger partial charge in [-0.25, -0.2) is 0 Å². The second kappa shape index (κ2) is 9.55. The van der Waals surface area contributed by atoms with Gasteiger partial charge in [-0.1, -0.05) is 19.1 Å². The highest BCUT2D eigenvalue weighted by molar-refractivity contribution is 8.00. The zero-order valence-corrected chi connectivity index (χ0v) is 17.3. The van der Waals surface area contributed by atoms with Crippen LogP contribution in [0.15, 0.2) is 29.3 Å². The van der Waals surface area contributed by atoms with Crippen LogP contribution in [0.1, 0.15) is 19.8 Å². The number of hydrogen-bond acceptors (Lipinski definition) is 5. The van der Waals surface area contributed by atoms with Crippen LogP contribution in [0, 0.1) is 0 Å². The molecule has 1 aromatic rings. The van der Waals surface area contributed by atoms with Crippen molar-refractivity contribution in [2.24, 2.45) is 4.99 Å². The first-order valence-electron chi connectivity index (χ1n) is 9.88. The number of ether oxygens (including phenoxy) is 1. The number of hydrogen-bond donors (Lipinski definition) is 2. The standard InChI is InChI=1S/C20H32N4O2S/c1-3-27-20(8-14-26-15-9-20)16-22-19(21-2)24-12-10-23(11-13-24)17-6-4-5-7-18(17)25/h4-7,25H,3,8-16H2,1-2H3,(H,21,22). The maximum Gasteiger partial charge on any atom is 0.193 e. The van der Waals surface area contributed by atoms with E-state index < -0.39 is 0 Å². The Hall–Kier alpha value is -1.60. The highest BCUT2D eigenvalue weighted by Crippen LogP contribution is 2.35. The van der Waals surface area contributed by atoms with Gasteiger partial charge in [0.1, 0.15) is 5.75 Å². The zero-order valence-electron chi connectivity index (χ0n) is 16.5. The first-order chi connectivity index (χ1) is 13.2. The fourth-order valence-corrected chi connectivity index (χ4v) is 5.13. The number of rotatable bonds is 5. The van der Waals surface area contributed by atoms with E-state index in [4.69, 9.17) is 4.74 Å². The second-order valence-electron chi connectivity index (χ2n) is 7.09. The van der Waals surface area contributed by atoms with Crippen molar-refractivity contribution in [3.8, 4) is 5.75 Å². The molecule has 0 aliphatic carbocycles. The van der Waals surface area contributed by atoms with Crippen LogP contribution in [-0.2, 0) is 4.74 Å². The molecule has 2 aliphatic rings. The Balaban J connectivity index is 1.55. The Labute approximate surface area is 167 Å². The average molecular weight is 393 g/mol. The van der Waals surface area contributed by atoms with E-state index in [2.05, 4.69) is 27.0 Å². The molecule has 2 heterocycles. The Bertz CT molecular complexity index is 621. The van der Waals surface area contributed by atoms with Gasteiger partial charge in [0.15, 0.2) is 5.96 Å². The number of guanidine groups is 1. The zero-order chi connectivity index (χ0) is 19.1. The normalized spacial score (nSPS) is 20.6. The summed E-state index contributed by atoms with van der Waals surface area (Å²) < 4.78 is 5.83. The smallest absolute Gasteiger partial charge is 0.193 e. The van der Waals surface area contributed by atoms with Crippen LogP contribution in [0.5, 0.6) is 5.75 Å². The van der Waals surface area contributed by atoms with Gasteiger partial charge in [0, 0.05) is 57.7 Å². The van der Waals surface area contributed by atoms with Crippen molar-refractivity contribution < 1.29 is 9.84 Å². The van der Waals surface area contributed by atoms with Gasteiger partial charge < -0.3 is 25.0 Å². The van der Waals surface area contributed by atoms with Crippen molar-refractivity contribution in [1.29, 1.82) is 0 Å². The average Bonchev–Trinajstić information content (AvgIpc) is 2.70. The molecule has 2 aliphatic heterocycles. The van der Waals surface area contributed by atoms with E-state index in [1.165, 1.54) is 0 Å². The summed E-state index contributed by atoms with van der Waals surface area (Å²) >= 11 is 2.05. The topological polar surface area (TPSA) is 60.3 Å². The largest absolute Gasteiger partial charge is 0.506 e. The summed E-state index contributed by atoms with van der Waals surface area (Å²) in [6, 6.07) is 7.57. The number of anilines is 1. The van der Waals surface area contributed by atoms with Gasteiger partial charge in [-0.05, 0) is 30.7 Å². The van der Waals surface area contributed by atoms with Crippen molar-refractivity contribution in [2.45, 2.75) is 24.5 Å². The van der Waals surface area contributed by atoms with Crippen molar-refractivity contribution in [3.05, 3.63) is 24.3 Å². The molecule has 6 nitrogen and oxygen atoms in total. The summed E-state index contributed by atoms with van der Waals surface area (Å²) in [5.74, 6) is 2.46. The van der Waals surface area contributed by atoms with Gasteiger partial charge in [-0.15, -0.1) is 0 Å². The molecular weight excluding hydrogens is 360 g/mol. The van der Waals surface area contributed by atoms with E-state index in [-0.39, 0.29) is 4.75 Å². The predicted molar refractivity (Wildman–Crippen MR) is 114 cm³/mol. The molecule has 2 saturated heterocycles. The molecular formula is C20H32N4O2S. The molecule has 2 N–H and O–H groups in total. The summed E-state index contributed by atoms with van der Waals surface area (Å²) in [6.45, 7) is 8.41. The molecule has 7 heteroatoms. The molecule has 0 radical (unpaired) electrons. The van der Waals surface area contributed by atoms with Crippen molar-refractivity contribution in [3.63, 3.8) is 0 Å². The Morgan fingerprint density at radius 3 is 2.56 bits per heavy atom. The molecule has 0 amide bonds. The summed E-state index contributed by atoms with van der Waals surface area (Å²) in [4.78, 5) is 9.09. The van der Waals surface area contributed by atoms with Gasteiger partial charge in [0.05, 0.1) is 5.69 Å². The number of aliphatic imine (C=N–C) groups is 1. The molecule has 0 saturated carbocycles. The second-order valence-corrected chi connectivity index (χ2v) is 8.82. The maximum atomic E-state index is 10.1. The van der Waals surface area contributed by atoms with Crippen LogP contribution in [-0.4, -0.2) is 79.5 Å². The first kappa shape index (κ1) is 20.1. The monoisotopic (exact) mass is 392 g/mol. The minimum absolute atomic E-state index is 0.251. The van der Waals surface area contributed by atoms with Crippen LogP contribution >= 0.6 is 11.8 Å². The van der Waals surface area contributed by atoms with Gasteiger partial charge in [-0.2, -0.15) is 11.8 Å². The van der Waals surface area contributed by atoms with Gasteiger partial charge in [-0.3, -0.25) is 4.99 Å². The molecule has 0 atom stereocenters. The van der Waals surface area contributed by atoms with E-state index in [1.807, 2.05) is 37.0 Å². The SMILES string of the molecule is CCSC1(CNC(=NC)N2CCN(c3ccccc3O)CC2)CCOCC1. The summed E-state index contributed by atoms with van der Waals surface area (Å²) in [5.41, 5.74) is 0.917. The van der Waals surface area contributed by atoms with E-state index >= 15 is 0 Å². The Kier molecular flexibility index (Phi) is 7.13. The van der Waals surface area contributed by atoms with E-state index in [9.17, 15) is 5.11 Å². The van der Waals surface area contributed by atoms with E-state index in [0.717, 1.165) is 76.2 Å². The Morgan fingerprint density at radius 2 is 1.93 bits per heavy atom. The number of benzene rings is 1. The van der Waals surface area contributed by atoms with Crippen LogP contribution in [0.25, 0.3) is 0 Å². The number of phenolic OH excluding ortho intramolecular Hbond substituents is 1. The Morgan fingerprint density at radius 1 is 1.22 bits per heavy atom. The van der Waals surface area contributed by atoms with Crippen molar-refractivity contribution in [2.75, 3.05) is 63.6 Å². The molecule has 0 spiro atoms. The quantitative estimate of drug-likeness (QED) is 0.593. The lowest BCUT2D eigenvalue weighted by molar-refractivity contribution is 0.0780. The predicted octanol–water partition coefficient (Wildman–Crippen LogP) is 2.39. The summed E-state index contributed by atoms with van der Waals surface area (Å²) in [7, 11) is 1.86. The number of phenols is 1. The highest BCUT2D eigenvalue weighted by atomic mass is 32.2. The third-order valence-electron chi connectivity index (χ3n) is 5.44. The fraction of sp³-hybridized carbons (Fsp3) is 0.650. The molecule has 3 rings (SSSR count). The lowest BCUT2D eigenvalue weighted by Gasteiger charge is -2.40.